The van der Waals surface area contributed by atoms with E-state index >= 15 is 0 Å². The summed E-state index contributed by atoms with van der Waals surface area (Å²) in [4.78, 5) is 22.8. The van der Waals surface area contributed by atoms with Crippen LogP contribution in [-0.4, -0.2) is 30.9 Å². The van der Waals surface area contributed by atoms with Gasteiger partial charge in [0.05, 0.1) is 25.2 Å². The van der Waals surface area contributed by atoms with Gasteiger partial charge in [0, 0.05) is 6.92 Å². The van der Waals surface area contributed by atoms with E-state index in [1.807, 2.05) is 6.92 Å². The maximum absolute atomic E-state index is 12.1. The molecule has 1 heterocycles. The lowest BCUT2D eigenvalue weighted by Gasteiger charge is -2.11. The molecule has 0 aliphatic rings. The van der Waals surface area contributed by atoms with E-state index in [9.17, 15) is 14.7 Å². The third-order valence-electron chi connectivity index (χ3n) is 3.68. The van der Waals surface area contributed by atoms with Gasteiger partial charge in [-0.2, -0.15) is 0 Å². The number of para-hydroxylation sites is 1. The molecule has 0 aliphatic carbocycles. The van der Waals surface area contributed by atoms with Crippen molar-refractivity contribution in [1.82, 2.24) is 0 Å². The molecule has 1 aromatic carbocycles. The molecule has 2 rings (SSSR count). The van der Waals surface area contributed by atoms with E-state index in [1.54, 1.807) is 18.2 Å². The Morgan fingerprint density at radius 3 is 2.58 bits per heavy atom. The van der Waals surface area contributed by atoms with Gasteiger partial charge in [-0.1, -0.05) is 19.4 Å². The number of ether oxygens (including phenoxy) is 3. The van der Waals surface area contributed by atoms with Crippen LogP contribution in [0.1, 0.15) is 39.5 Å². The molecule has 0 aliphatic heterocycles. The van der Waals surface area contributed by atoms with Gasteiger partial charge < -0.3 is 23.7 Å². The van der Waals surface area contributed by atoms with Crippen molar-refractivity contribution >= 4 is 16.9 Å². The first-order chi connectivity index (χ1) is 12.5. The van der Waals surface area contributed by atoms with Crippen molar-refractivity contribution in [2.75, 3.05) is 19.8 Å². The number of rotatable bonds is 10. The Hall–Kier alpha value is -2.70. The molecule has 7 nitrogen and oxygen atoms in total. The van der Waals surface area contributed by atoms with Crippen LogP contribution in [0.4, 0.5) is 0 Å². The van der Waals surface area contributed by atoms with E-state index in [-0.39, 0.29) is 23.1 Å². The highest BCUT2D eigenvalue weighted by molar-refractivity contribution is 5.89. The average molecular weight is 364 g/mol. The van der Waals surface area contributed by atoms with Crippen LogP contribution in [0.25, 0.3) is 11.0 Å². The summed E-state index contributed by atoms with van der Waals surface area (Å²) in [6.07, 6.45) is 3.01. The molecule has 0 atom stereocenters. The Kier molecular flexibility index (Phi) is 7.32. The number of hydrogen-bond donors (Lipinski definition) is 1. The molecule has 0 unspecified atom stereocenters. The van der Waals surface area contributed by atoms with Gasteiger partial charge in [0.1, 0.15) is 0 Å². The molecular formula is C19H24O7. The van der Waals surface area contributed by atoms with Crippen LogP contribution in [-0.2, 0) is 9.53 Å². The monoisotopic (exact) mass is 364 g/mol. The van der Waals surface area contributed by atoms with E-state index in [4.69, 9.17) is 18.6 Å². The highest BCUT2D eigenvalue weighted by Gasteiger charge is 2.18. The molecule has 1 aromatic heterocycles. The van der Waals surface area contributed by atoms with Crippen molar-refractivity contribution in [3.63, 3.8) is 0 Å². The van der Waals surface area contributed by atoms with E-state index in [1.165, 1.54) is 6.92 Å². The van der Waals surface area contributed by atoms with Gasteiger partial charge in [-0.05, 0) is 31.4 Å². The van der Waals surface area contributed by atoms with Crippen LogP contribution in [0.15, 0.2) is 27.4 Å². The second-order valence-corrected chi connectivity index (χ2v) is 5.80. The summed E-state index contributed by atoms with van der Waals surface area (Å²) in [5.41, 5.74) is -0.560. The molecule has 0 radical (unpaired) electrons. The van der Waals surface area contributed by atoms with Gasteiger partial charge in [-0.3, -0.25) is 4.79 Å². The number of carbonyl (C=O) groups is 1. The molecule has 1 N–H and O–H groups in total. The Labute approximate surface area is 151 Å². The number of unbranched alkanes of at least 4 members (excludes halogenated alkanes) is 2. The molecule has 0 amide bonds. The largest absolute Gasteiger partial charge is 0.504 e. The topological polar surface area (TPSA) is 95.2 Å². The van der Waals surface area contributed by atoms with Crippen LogP contribution < -0.4 is 15.1 Å². The lowest BCUT2D eigenvalue weighted by atomic mass is 10.2. The van der Waals surface area contributed by atoms with Crippen LogP contribution >= 0.6 is 0 Å². The Balaban J connectivity index is 2.09. The summed E-state index contributed by atoms with van der Waals surface area (Å²) in [5, 5.41) is 10.7. The van der Waals surface area contributed by atoms with E-state index in [0.29, 0.717) is 43.8 Å². The van der Waals surface area contributed by atoms with Crippen LogP contribution in [0.5, 0.6) is 17.2 Å². The minimum Gasteiger partial charge on any atom is -0.504 e. The zero-order valence-electron chi connectivity index (χ0n) is 15.1. The van der Waals surface area contributed by atoms with Crippen LogP contribution in [0, 0.1) is 0 Å². The zero-order valence-corrected chi connectivity index (χ0v) is 15.1. The molecule has 142 valence electrons. The molecular weight excluding hydrogens is 340 g/mol. The molecule has 26 heavy (non-hydrogen) atoms. The van der Waals surface area contributed by atoms with E-state index in [2.05, 4.69) is 0 Å². The van der Waals surface area contributed by atoms with Crippen LogP contribution in [0.3, 0.4) is 0 Å². The number of aromatic hydroxyl groups is 1. The lowest BCUT2D eigenvalue weighted by molar-refractivity contribution is -0.141. The molecule has 0 saturated carbocycles. The number of benzene rings is 1. The fourth-order valence-electron chi connectivity index (χ4n) is 2.33. The smallest absolute Gasteiger partial charge is 0.383 e. The third-order valence-corrected chi connectivity index (χ3v) is 3.68. The highest BCUT2D eigenvalue weighted by Crippen LogP contribution is 2.35. The second-order valence-electron chi connectivity index (χ2n) is 5.80. The number of hydrogen-bond acceptors (Lipinski definition) is 7. The number of carbonyl (C=O) groups excluding carboxylic acids is 1. The quantitative estimate of drug-likeness (QED) is 0.392. The Morgan fingerprint density at radius 2 is 1.85 bits per heavy atom. The van der Waals surface area contributed by atoms with Crippen molar-refractivity contribution < 1.29 is 28.5 Å². The first kappa shape index (κ1) is 19.6. The van der Waals surface area contributed by atoms with Gasteiger partial charge in [-0.25, -0.2) is 4.79 Å². The molecule has 0 fully saturated rings. The lowest BCUT2D eigenvalue weighted by Crippen LogP contribution is -2.09. The Bertz CT molecular complexity index is 794. The highest BCUT2D eigenvalue weighted by atomic mass is 16.5. The van der Waals surface area contributed by atoms with Gasteiger partial charge in [-0.15, -0.1) is 0 Å². The number of esters is 1. The van der Waals surface area contributed by atoms with Crippen molar-refractivity contribution in [1.29, 1.82) is 0 Å². The summed E-state index contributed by atoms with van der Waals surface area (Å²) in [7, 11) is 0. The van der Waals surface area contributed by atoms with Gasteiger partial charge in [0.25, 0.3) is 0 Å². The molecule has 0 bridgehead atoms. The van der Waals surface area contributed by atoms with E-state index < -0.39 is 5.63 Å². The first-order valence-corrected chi connectivity index (χ1v) is 8.72. The maximum atomic E-state index is 12.1. The summed E-state index contributed by atoms with van der Waals surface area (Å²) in [6.45, 7) is 4.39. The van der Waals surface area contributed by atoms with Crippen LogP contribution in [0.2, 0.25) is 0 Å². The van der Waals surface area contributed by atoms with Gasteiger partial charge >= 0.3 is 11.6 Å². The van der Waals surface area contributed by atoms with Crippen molar-refractivity contribution in [2.45, 2.75) is 39.5 Å². The molecule has 0 spiro atoms. The summed E-state index contributed by atoms with van der Waals surface area (Å²) in [6, 6.07) is 4.99. The normalized spacial score (nSPS) is 10.7. The zero-order chi connectivity index (χ0) is 18.9. The molecule has 7 heteroatoms. The minimum absolute atomic E-state index is 0.176. The fraction of sp³-hybridized carbons (Fsp3) is 0.474. The molecule has 0 saturated heterocycles. The fourth-order valence-corrected chi connectivity index (χ4v) is 2.33. The first-order valence-electron chi connectivity index (χ1n) is 8.72. The van der Waals surface area contributed by atoms with Gasteiger partial charge in [0.2, 0.25) is 5.75 Å². The number of fused-ring (bicyclic) bond motifs is 1. The van der Waals surface area contributed by atoms with Crippen molar-refractivity contribution in [3.05, 3.63) is 28.6 Å². The SMILES string of the molecule is CCCCOc1c(O)c2cccc(OCCCCOC(C)=O)c2oc1=O. The molecule has 2 aromatic rings. The predicted molar refractivity (Wildman–Crippen MR) is 95.9 cm³/mol. The standard InChI is InChI=1S/C19H24O7/c1-3-4-10-25-18-16(21)14-8-7-9-15(17(14)26-19(18)22)24-12-6-5-11-23-13(2)20/h7-9,21H,3-6,10-12H2,1-2H3. The summed E-state index contributed by atoms with van der Waals surface area (Å²) < 4.78 is 21.2. The summed E-state index contributed by atoms with van der Waals surface area (Å²) >= 11 is 0. The van der Waals surface area contributed by atoms with Crippen molar-refractivity contribution in [2.24, 2.45) is 0 Å². The van der Waals surface area contributed by atoms with Crippen molar-refractivity contribution in [3.8, 4) is 17.2 Å². The average Bonchev–Trinajstić information content (AvgIpc) is 2.61. The van der Waals surface area contributed by atoms with Gasteiger partial charge in [0.15, 0.2) is 17.1 Å². The maximum Gasteiger partial charge on any atom is 0.383 e. The second kappa shape index (κ2) is 9.70. The minimum atomic E-state index is -0.739. The Morgan fingerprint density at radius 1 is 1.12 bits per heavy atom. The van der Waals surface area contributed by atoms with E-state index in [0.717, 1.165) is 12.8 Å². The summed E-state index contributed by atoms with van der Waals surface area (Å²) in [5.74, 6) is -0.367. The predicted octanol–water partition coefficient (Wildman–Crippen LogP) is 3.40. The third kappa shape index (κ3) is 5.15.